The van der Waals surface area contributed by atoms with E-state index in [-0.39, 0.29) is 31.5 Å². The van der Waals surface area contributed by atoms with Crippen molar-refractivity contribution in [1.82, 2.24) is 9.80 Å². The van der Waals surface area contributed by atoms with Crippen LogP contribution in [0.3, 0.4) is 0 Å². The maximum absolute atomic E-state index is 12.3. The molecule has 1 rings (SSSR count). The zero-order chi connectivity index (χ0) is 15.3. The van der Waals surface area contributed by atoms with Crippen molar-refractivity contribution in [3.63, 3.8) is 0 Å². The van der Waals surface area contributed by atoms with Crippen LogP contribution in [0.15, 0.2) is 12.2 Å². The van der Waals surface area contributed by atoms with Crippen molar-refractivity contribution in [1.29, 1.82) is 0 Å². The first kappa shape index (κ1) is 16.5. The topological polar surface area (TPSA) is 40.6 Å². The summed E-state index contributed by atoms with van der Waals surface area (Å²) in [6, 6.07) is 0. The molecular weight excluding hydrogens is 273 g/mol. The van der Waals surface area contributed by atoms with Crippen molar-refractivity contribution in [2.45, 2.75) is 26.4 Å². The van der Waals surface area contributed by atoms with Gasteiger partial charge < -0.3 is 9.80 Å². The molecule has 0 atom stereocenters. The number of carbonyl (C=O) groups is 2. The monoisotopic (exact) mass is 292 g/mol. The molecule has 2 amide bonds. The molecule has 0 aliphatic carbocycles. The summed E-state index contributed by atoms with van der Waals surface area (Å²) in [5.74, 6) is -1.82. The average Bonchev–Trinajstić information content (AvgIpc) is 2.59. The predicted molar refractivity (Wildman–Crippen MR) is 67.8 cm³/mol. The van der Waals surface area contributed by atoms with Gasteiger partial charge in [0.1, 0.15) is 0 Å². The fourth-order valence-electron chi connectivity index (χ4n) is 1.90. The number of hydrogen-bond acceptors (Lipinski definition) is 2. The van der Waals surface area contributed by atoms with Gasteiger partial charge in [-0.05, 0) is 18.4 Å². The second-order valence-electron chi connectivity index (χ2n) is 5.07. The van der Waals surface area contributed by atoms with E-state index in [0.29, 0.717) is 13.0 Å². The predicted octanol–water partition coefficient (Wildman–Crippen LogP) is 1.82. The minimum absolute atomic E-state index is 0.0238. The number of amides is 2. The van der Waals surface area contributed by atoms with Crippen molar-refractivity contribution >= 4 is 11.8 Å². The Kier molecular flexibility index (Phi) is 5.59. The fraction of sp³-hybridized carbons (Fsp3) is 0.692. The van der Waals surface area contributed by atoms with Crippen LogP contribution in [0.2, 0.25) is 0 Å². The van der Waals surface area contributed by atoms with Crippen LogP contribution in [-0.2, 0) is 9.59 Å². The highest BCUT2D eigenvalue weighted by atomic mass is 19.4. The van der Waals surface area contributed by atoms with Gasteiger partial charge in [-0.15, -0.1) is 0 Å². The molecule has 0 spiro atoms. The molecule has 0 saturated carbocycles. The molecular formula is C13H19F3N2O2. The summed E-state index contributed by atoms with van der Waals surface area (Å²) in [5.41, 5.74) is 0. The van der Waals surface area contributed by atoms with Gasteiger partial charge in [0.25, 0.3) is 0 Å². The lowest BCUT2D eigenvalue weighted by Crippen LogP contribution is -2.43. The van der Waals surface area contributed by atoms with E-state index < -0.39 is 12.1 Å². The van der Waals surface area contributed by atoms with Crippen molar-refractivity contribution in [3.8, 4) is 0 Å². The third kappa shape index (κ3) is 4.86. The van der Waals surface area contributed by atoms with Gasteiger partial charge >= 0.3 is 12.1 Å². The van der Waals surface area contributed by atoms with Gasteiger partial charge in [-0.3, -0.25) is 9.59 Å². The Hall–Kier alpha value is -1.53. The maximum Gasteiger partial charge on any atom is 0.471 e. The minimum atomic E-state index is -4.85. The first-order valence-electron chi connectivity index (χ1n) is 6.55. The molecule has 0 aromatic carbocycles. The smallest absolute Gasteiger partial charge is 0.337 e. The highest BCUT2D eigenvalue weighted by Crippen LogP contribution is 2.19. The Labute approximate surface area is 116 Å². The summed E-state index contributed by atoms with van der Waals surface area (Å²) in [7, 11) is 0. The van der Waals surface area contributed by atoms with Gasteiger partial charge in [0.2, 0.25) is 5.91 Å². The van der Waals surface area contributed by atoms with E-state index in [1.165, 1.54) is 11.0 Å². The Bertz CT molecular complexity index is 392. The van der Waals surface area contributed by atoms with Crippen LogP contribution in [0.5, 0.6) is 0 Å². The van der Waals surface area contributed by atoms with Crippen molar-refractivity contribution < 1.29 is 22.8 Å². The highest BCUT2D eigenvalue weighted by molar-refractivity contribution is 5.87. The molecule has 1 heterocycles. The number of allylic oxidation sites excluding steroid dienone is 1. The molecule has 4 nitrogen and oxygen atoms in total. The normalized spacial score (nSPS) is 17.7. The quantitative estimate of drug-likeness (QED) is 0.728. The standard InChI is InChI=1S/C13H19F3N2O2/c1-10(2)4-5-11(19)17-6-3-7-18(9-8-17)12(20)13(14,15)16/h4-5,10H,3,6-9H2,1-2H3/b5-4+. The largest absolute Gasteiger partial charge is 0.471 e. The Morgan fingerprint density at radius 3 is 2.15 bits per heavy atom. The van der Waals surface area contributed by atoms with Crippen molar-refractivity contribution in [3.05, 3.63) is 12.2 Å². The number of alkyl halides is 3. The number of nitrogens with zero attached hydrogens (tertiary/aromatic N) is 2. The lowest BCUT2D eigenvalue weighted by molar-refractivity contribution is -0.185. The van der Waals surface area contributed by atoms with E-state index in [2.05, 4.69) is 0 Å². The lowest BCUT2D eigenvalue weighted by atomic mass is 10.2. The van der Waals surface area contributed by atoms with E-state index in [1.54, 1.807) is 6.08 Å². The van der Waals surface area contributed by atoms with E-state index in [1.807, 2.05) is 13.8 Å². The summed E-state index contributed by atoms with van der Waals surface area (Å²) in [5, 5.41) is 0. The van der Waals surface area contributed by atoms with Gasteiger partial charge in [0, 0.05) is 26.2 Å². The summed E-state index contributed by atoms with van der Waals surface area (Å²) in [4.78, 5) is 25.2. The van der Waals surface area contributed by atoms with E-state index in [9.17, 15) is 22.8 Å². The molecule has 0 radical (unpaired) electrons. The van der Waals surface area contributed by atoms with Gasteiger partial charge in [0.05, 0.1) is 0 Å². The Morgan fingerprint density at radius 2 is 1.60 bits per heavy atom. The second kappa shape index (κ2) is 6.76. The lowest BCUT2D eigenvalue weighted by Gasteiger charge is -2.22. The maximum atomic E-state index is 12.3. The van der Waals surface area contributed by atoms with Crippen LogP contribution in [0.1, 0.15) is 20.3 Å². The summed E-state index contributed by atoms with van der Waals surface area (Å²) in [6.07, 6.45) is -1.32. The molecule has 0 aromatic heterocycles. The molecule has 1 aliphatic heterocycles. The molecule has 0 bridgehead atoms. The number of rotatable bonds is 2. The van der Waals surface area contributed by atoms with Crippen LogP contribution in [-0.4, -0.2) is 54.0 Å². The molecule has 0 N–H and O–H groups in total. The minimum Gasteiger partial charge on any atom is -0.337 e. The fourth-order valence-corrected chi connectivity index (χ4v) is 1.90. The van der Waals surface area contributed by atoms with E-state index in [4.69, 9.17) is 0 Å². The Balaban J connectivity index is 2.60. The highest BCUT2D eigenvalue weighted by Gasteiger charge is 2.42. The molecule has 0 unspecified atom stereocenters. The summed E-state index contributed by atoms with van der Waals surface area (Å²) < 4.78 is 37.0. The van der Waals surface area contributed by atoms with Gasteiger partial charge in [-0.25, -0.2) is 0 Å². The van der Waals surface area contributed by atoms with Crippen molar-refractivity contribution in [2.24, 2.45) is 5.92 Å². The number of carbonyl (C=O) groups excluding carboxylic acids is 2. The third-order valence-corrected chi connectivity index (χ3v) is 2.96. The summed E-state index contributed by atoms with van der Waals surface area (Å²) in [6.45, 7) is 4.29. The van der Waals surface area contributed by atoms with Gasteiger partial charge in [-0.2, -0.15) is 13.2 Å². The number of hydrogen-bond donors (Lipinski definition) is 0. The molecule has 114 valence electrons. The molecule has 20 heavy (non-hydrogen) atoms. The zero-order valence-corrected chi connectivity index (χ0v) is 11.6. The first-order chi connectivity index (χ1) is 9.21. The second-order valence-corrected chi connectivity index (χ2v) is 5.07. The summed E-state index contributed by atoms with van der Waals surface area (Å²) >= 11 is 0. The average molecular weight is 292 g/mol. The van der Waals surface area contributed by atoms with E-state index >= 15 is 0 Å². The molecule has 1 fully saturated rings. The SMILES string of the molecule is CC(C)/C=C/C(=O)N1CCCN(C(=O)C(F)(F)F)CC1. The van der Waals surface area contributed by atoms with Crippen LogP contribution in [0.25, 0.3) is 0 Å². The molecule has 1 saturated heterocycles. The van der Waals surface area contributed by atoms with Crippen molar-refractivity contribution in [2.75, 3.05) is 26.2 Å². The zero-order valence-electron chi connectivity index (χ0n) is 11.6. The first-order valence-corrected chi connectivity index (χ1v) is 6.55. The third-order valence-electron chi connectivity index (χ3n) is 2.96. The Morgan fingerprint density at radius 1 is 1.05 bits per heavy atom. The van der Waals surface area contributed by atoms with Gasteiger partial charge in [-0.1, -0.05) is 19.9 Å². The van der Waals surface area contributed by atoms with Crippen LogP contribution in [0, 0.1) is 5.92 Å². The van der Waals surface area contributed by atoms with E-state index in [0.717, 1.165) is 4.90 Å². The number of halogens is 3. The van der Waals surface area contributed by atoms with Gasteiger partial charge in [0.15, 0.2) is 0 Å². The van der Waals surface area contributed by atoms with Crippen LogP contribution >= 0.6 is 0 Å². The molecule has 1 aliphatic rings. The van der Waals surface area contributed by atoms with Crippen LogP contribution < -0.4 is 0 Å². The molecule has 7 heteroatoms. The molecule has 0 aromatic rings. The van der Waals surface area contributed by atoms with Crippen LogP contribution in [0.4, 0.5) is 13.2 Å².